The van der Waals surface area contributed by atoms with E-state index in [-0.39, 0.29) is 11.0 Å². The summed E-state index contributed by atoms with van der Waals surface area (Å²) < 4.78 is 25.9. The summed E-state index contributed by atoms with van der Waals surface area (Å²) in [6, 6.07) is -1.26. The number of carboxylic acid groups (broad SMARTS) is 1. The normalized spacial score (nSPS) is 14.4. The third-order valence-corrected chi connectivity index (χ3v) is 5.33. The molecule has 1 aromatic heterocycles. The van der Waals surface area contributed by atoms with Gasteiger partial charge in [-0.1, -0.05) is 31.6 Å². The number of nitrogens with one attached hydrogen (secondary N) is 2. The number of sulfonamides is 1. The number of aromatic nitrogens is 2. The first-order valence-electron chi connectivity index (χ1n) is 6.03. The Morgan fingerprint density at radius 1 is 1.38 bits per heavy atom. The Hall–Kier alpha value is -1.59. The zero-order chi connectivity index (χ0) is 16.2. The van der Waals surface area contributed by atoms with Gasteiger partial charge in [0.05, 0.1) is 0 Å². The molecule has 3 N–H and O–H groups in total. The summed E-state index contributed by atoms with van der Waals surface area (Å²) in [5.41, 5.74) is 0. The van der Waals surface area contributed by atoms with Gasteiger partial charge in [-0.3, -0.25) is 9.59 Å². The van der Waals surface area contributed by atoms with Crippen LogP contribution in [0.3, 0.4) is 0 Å². The molecule has 11 heteroatoms. The van der Waals surface area contributed by atoms with Crippen molar-refractivity contribution in [2.75, 3.05) is 5.32 Å². The summed E-state index contributed by atoms with van der Waals surface area (Å²) in [5, 5.41) is 18.4. The molecule has 0 aromatic carbocycles. The zero-order valence-electron chi connectivity index (χ0n) is 11.7. The van der Waals surface area contributed by atoms with Gasteiger partial charge < -0.3 is 10.4 Å². The van der Waals surface area contributed by atoms with Crippen LogP contribution in [0.2, 0.25) is 0 Å². The summed E-state index contributed by atoms with van der Waals surface area (Å²) in [6.45, 7) is 4.64. The first kappa shape index (κ1) is 17.5. The third kappa shape index (κ3) is 4.72. The van der Waals surface area contributed by atoms with Gasteiger partial charge in [-0.05, 0) is 5.92 Å². The molecule has 1 amide bonds. The maximum absolute atomic E-state index is 12.1. The second-order valence-corrected chi connectivity index (χ2v) is 7.24. The summed E-state index contributed by atoms with van der Waals surface area (Å²) in [6.07, 6.45) is 0.493. The number of carbonyl (C=O) groups is 2. The van der Waals surface area contributed by atoms with E-state index >= 15 is 0 Å². The highest BCUT2D eigenvalue weighted by Gasteiger charge is 2.31. The molecule has 1 heterocycles. The van der Waals surface area contributed by atoms with Crippen molar-refractivity contribution in [3.63, 3.8) is 0 Å². The Balaban J connectivity index is 2.97. The lowest BCUT2D eigenvalue weighted by molar-refractivity contribution is -0.140. The minimum absolute atomic E-state index is 0.0262. The minimum Gasteiger partial charge on any atom is -0.480 e. The van der Waals surface area contributed by atoms with Crippen LogP contribution in [0.5, 0.6) is 0 Å². The predicted molar refractivity (Wildman–Crippen MR) is 75.4 cm³/mol. The highest BCUT2D eigenvalue weighted by molar-refractivity contribution is 7.91. The van der Waals surface area contributed by atoms with Crippen molar-refractivity contribution in [3.05, 3.63) is 0 Å². The van der Waals surface area contributed by atoms with E-state index in [1.54, 1.807) is 13.8 Å². The lowest BCUT2D eigenvalue weighted by Crippen LogP contribution is -2.44. The Kier molecular flexibility index (Phi) is 5.75. The average molecular weight is 336 g/mol. The number of rotatable bonds is 7. The monoisotopic (exact) mass is 336 g/mol. The van der Waals surface area contributed by atoms with Crippen LogP contribution < -0.4 is 10.0 Å². The molecule has 0 radical (unpaired) electrons. The number of nitrogens with zero attached hydrogens (tertiary/aromatic N) is 2. The van der Waals surface area contributed by atoms with Gasteiger partial charge in [0, 0.05) is 6.92 Å². The van der Waals surface area contributed by atoms with Crippen molar-refractivity contribution in [2.45, 2.75) is 37.6 Å². The Morgan fingerprint density at radius 3 is 2.48 bits per heavy atom. The number of carbonyl (C=O) groups excluding carboxylic acids is 1. The van der Waals surface area contributed by atoms with Crippen molar-refractivity contribution in [3.8, 4) is 0 Å². The molecule has 2 atom stereocenters. The van der Waals surface area contributed by atoms with E-state index < -0.39 is 32.3 Å². The molecule has 9 nitrogen and oxygen atoms in total. The van der Waals surface area contributed by atoms with E-state index in [1.807, 2.05) is 0 Å². The molecule has 0 fully saturated rings. The van der Waals surface area contributed by atoms with Crippen LogP contribution in [0.25, 0.3) is 0 Å². The van der Waals surface area contributed by atoms with Crippen LogP contribution in [0.4, 0.5) is 5.13 Å². The van der Waals surface area contributed by atoms with Gasteiger partial charge in [-0.25, -0.2) is 8.42 Å². The van der Waals surface area contributed by atoms with Crippen LogP contribution in [-0.4, -0.2) is 41.6 Å². The van der Waals surface area contributed by atoms with E-state index in [1.165, 1.54) is 6.92 Å². The smallest absolute Gasteiger partial charge is 0.322 e. The molecular formula is C10H16N4O5S2. The third-order valence-electron chi connectivity index (χ3n) is 2.68. The van der Waals surface area contributed by atoms with E-state index in [9.17, 15) is 18.0 Å². The van der Waals surface area contributed by atoms with Gasteiger partial charge in [-0.15, -0.1) is 10.2 Å². The summed E-state index contributed by atoms with van der Waals surface area (Å²) in [5.74, 6) is -2.06. The Labute approximate surface area is 125 Å². The summed E-state index contributed by atoms with van der Waals surface area (Å²) in [7, 11) is -4.11. The number of hydrogen-bond donors (Lipinski definition) is 3. The Morgan fingerprint density at radius 2 is 2.00 bits per heavy atom. The maximum Gasteiger partial charge on any atom is 0.322 e. The number of hydrogen-bond acceptors (Lipinski definition) is 7. The highest BCUT2D eigenvalue weighted by atomic mass is 32.2. The second kappa shape index (κ2) is 6.91. The number of aliphatic carboxylic acids is 1. The van der Waals surface area contributed by atoms with Crippen molar-refractivity contribution >= 4 is 38.4 Å². The van der Waals surface area contributed by atoms with Crippen LogP contribution >= 0.6 is 11.3 Å². The van der Waals surface area contributed by atoms with Crippen LogP contribution in [0.15, 0.2) is 4.34 Å². The van der Waals surface area contributed by atoms with Gasteiger partial charge in [-0.2, -0.15) is 4.72 Å². The number of carboxylic acids is 1. The van der Waals surface area contributed by atoms with Gasteiger partial charge >= 0.3 is 5.97 Å². The molecule has 0 aliphatic carbocycles. The van der Waals surface area contributed by atoms with Gasteiger partial charge in [0.1, 0.15) is 6.04 Å². The van der Waals surface area contributed by atoms with Gasteiger partial charge in [0.25, 0.3) is 10.0 Å². The number of amides is 1. The van der Waals surface area contributed by atoms with Crippen LogP contribution in [0, 0.1) is 5.92 Å². The number of anilines is 1. The van der Waals surface area contributed by atoms with Crippen molar-refractivity contribution < 1.29 is 23.1 Å². The maximum atomic E-state index is 12.1. The standard InChI is InChI=1S/C10H16N4O5S2/c1-4-5(2)7(8(16)17)14-21(18,19)10-13-12-9(20-10)11-6(3)15/h5,7,14H,4H2,1-3H3,(H,16,17)(H,11,12,15)/t5-,7-/m0/s1. The minimum atomic E-state index is -4.11. The fourth-order valence-electron chi connectivity index (χ4n) is 1.38. The van der Waals surface area contributed by atoms with Gasteiger partial charge in [0.2, 0.25) is 15.4 Å². The fraction of sp³-hybridized carbons (Fsp3) is 0.600. The van der Waals surface area contributed by atoms with E-state index in [4.69, 9.17) is 5.11 Å². The van der Waals surface area contributed by atoms with Crippen LogP contribution in [0.1, 0.15) is 27.2 Å². The van der Waals surface area contributed by atoms with Crippen molar-refractivity contribution in [1.82, 2.24) is 14.9 Å². The molecule has 21 heavy (non-hydrogen) atoms. The molecule has 0 aliphatic heterocycles. The molecule has 0 spiro atoms. The van der Waals surface area contributed by atoms with E-state index in [0.29, 0.717) is 17.8 Å². The molecule has 0 unspecified atom stereocenters. The molecule has 1 rings (SSSR count). The molecular weight excluding hydrogens is 320 g/mol. The van der Waals surface area contributed by atoms with Crippen molar-refractivity contribution in [1.29, 1.82) is 0 Å². The summed E-state index contributed by atoms with van der Waals surface area (Å²) in [4.78, 5) is 22.0. The lowest BCUT2D eigenvalue weighted by Gasteiger charge is -2.18. The molecule has 0 saturated carbocycles. The fourth-order valence-corrected chi connectivity index (χ4v) is 3.64. The van der Waals surface area contributed by atoms with Gasteiger partial charge in [0.15, 0.2) is 0 Å². The molecule has 118 valence electrons. The predicted octanol–water partition coefficient (Wildman–Crippen LogP) is 0.274. The zero-order valence-corrected chi connectivity index (χ0v) is 13.3. The van der Waals surface area contributed by atoms with E-state index in [0.717, 1.165) is 0 Å². The molecule has 0 aliphatic rings. The molecule has 1 aromatic rings. The quantitative estimate of drug-likeness (QED) is 0.608. The average Bonchev–Trinajstić information content (AvgIpc) is 2.83. The largest absolute Gasteiger partial charge is 0.480 e. The first-order chi connectivity index (χ1) is 9.67. The SMILES string of the molecule is CC[C@H](C)[C@H](NS(=O)(=O)c1nnc(NC(C)=O)s1)C(=O)O. The Bertz CT molecular complexity index is 627. The molecule has 0 saturated heterocycles. The second-order valence-electron chi connectivity index (χ2n) is 4.38. The first-order valence-corrected chi connectivity index (χ1v) is 8.33. The summed E-state index contributed by atoms with van der Waals surface area (Å²) >= 11 is 0.644. The molecule has 0 bridgehead atoms. The lowest BCUT2D eigenvalue weighted by atomic mass is 10.0. The highest BCUT2D eigenvalue weighted by Crippen LogP contribution is 2.21. The van der Waals surface area contributed by atoms with E-state index in [2.05, 4.69) is 20.2 Å². The van der Waals surface area contributed by atoms with Crippen LogP contribution in [-0.2, 0) is 19.6 Å². The van der Waals surface area contributed by atoms with Crippen molar-refractivity contribution in [2.24, 2.45) is 5.92 Å². The topological polar surface area (TPSA) is 138 Å².